The highest BCUT2D eigenvalue weighted by molar-refractivity contribution is 5.37. The van der Waals surface area contributed by atoms with E-state index >= 15 is 0 Å². The molecule has 4 rings (SSSR count). The van der Waals surface area contributed by atoms with E-state index in [2.05, 4.69) is 18.2 Å². The van der Waals surface area contributed by atoms with E-state index in [0.717, 1.165) is 29.4 Å². The Balaban J connectivity index is 1.39. The van der Waals surface area contributed by atoms with Crippen molar-refractivity contribution in [2.45, 2.75) is 63.9 Å². The molecule has 2 nitrogen and oxygen atoms in total. The van der Waals surface area contributed by atoms with Crippen LogP contribution in [-0.4, -0.2) is 20.3 Å². The smallest absolute Gasteiger partial charge is 0.119 e. The van der Waals surface area contributed by atoms with Crippen LogP contribution in [0.5, 0.6) is 5.75 Å². The Hall–Kier alpha value is -1.02. The van der Waals surface area contributed by atoms with E-state index in [1.165, 1.54) is 63.4 Å². The van der Waals surface area contributed by atoms with Gasteiger partial charge in [-0.2, -0.15) is 0 Å². The van der Waals surface area contributed by atoms with Crippen LogP contribution in [0.2, 0.25) is 0 Å². The van der Waals surface area contributed by atoms with Gasteiger partial charge in [-0.25, -0.2) is 0 Å². The molecule has 0 aromatic heterocycles. The van der Waals surface area contributed by atoms with Crippen molar-refractivity contribution in [2.75, 3.05) is 14.2 Å². The van der Waals surface area contributed by atoms with E-state index in [9.17, 15) is 0 Å². The molecule has 0 spiro atoms. The van der Waals surface area contributed by atoms with Crippen molar-refractivity contribution < 1.29 is 9.47 Å². The van der Waals surface area contributed by atoms with Crippen LogP contribution in [0.1, 0.15) is 56.1 Å². The summed E-state index contributed by atoms with van der Waals surface area (Å²) in [7, 11) is 3.66. The third kappa shape index (κ3) is 3.22. The first-order valence-electron chi connectivity index (χ1n) is 9.95. The quantitative estimate of drug-likeness (QED) is 0.774. The molecule has 1 aromatic rings. The molecule has 2 heteroatoms. The van der Waals surface area contributed by atoms with Gasteiger partial charge in [0.25, 0.3) is 0 Å². The fourth-order valence-electron chi connectivity index (χ4n) is 5.81. The minimum Gasteiger partial charge on any atom is -0.497 e. The summed E-state index contributed by atoms with van der Waals surface area (Å²) in [5, 5.41) is 0. The molecule has 132 valence electrons. The van der Waals surface area contributed by atoms with E-state index in [-0.39, 0.29) is 0 Å². The average Bonchev–Trinajstić information content (AvgIpc) is 2.66. The number of aryl methyl sites for hydroxylation is 1. The first-order chi connectivity index (χ1) is 11.8. The first kappa shape index (κ1) is 16.4. The standard InChI is InChI=1S/C22H32O2/c1-23-21-9-7-17-11-15(3-5-19(17)13-21)16-4-6-20-14-22(24-2)10-8-18(20)12-16/h7,9,13,15-16,18,20,22H,3-6,8,10-12,14H2,1-2H3/t15?,16?,18-,20?,22-/m1/s1. The zero-order valence-corrected chi connectivity index (χ0v) is 15.3. The Morgan fingerprint density at radius 3 is 2.33 bits per heavy atom. The average molecular weight is 328 g/mol. The number of hydrogen-bond acceptors (Lipinski definition) is 2. The lowest BCUT2D eigenvalue weighted by Crippen LogP contribution is -2.36. The van der Waals surface area contributed by atoms with Crippen molar-refractivity contribution in [1.29, 1.82) is 0 Å². The van der Waals surface area contributed by atoms with E-state index in [0.29, 0.717) is 6.10 Å². The molecule has 0 aliphatic heterocycles. The monoisotopic (exact) mass is 328 g/mol. The largest absolute Gasteiger partial charge is 0.497 e. The van der Waals surface area contributed by atoms with Crippen LogP contribution >= 0.6 is 0 Å². The second-order valence-electron chi connectivity index (χ2n) is 8.40. The normalized spacial score (nSPS) is 35.8. The Morgan fingerprint density at radius 2 is 1.54 bits per heavy atom. The minimum atomic E-state index is 0.541. The Kier molecular flexibility index (Phi) is 4.85. The minimum absolute atomic E-state index is 0.541. The summed E-state index contributed by atoms with van der Waals surface area (Å²) in [6.07, 6.45) is 12.9. The van der Waals surface area contributed by atoms with Crippen LogP contribution in [-0.2, 0) is 17.6 Å². The molecular weight excluding hydrogens is 296 g/mol. The molecule has 0 heterocycles. The van der Waals surface area contributed by atoms with Crippen molar-refractivity contribution in [2.24, 2.45) is 23.7 Å². The summed E-state index contributed by atoms with van der Waals surface area (Å²) in [6.45, 7) is 0. The zero-order chi connectivity index (χ0) is 16.5. The van der Waals surface area contributed by atoms with Gasteiger partial charge in [-0.15, -0.1) is 0 Å². The van der Waals surface area contributed by atoms with Crippen LogP contribution in [0.4, 0.5) is 0 Å². The lowest BCUT2D eigenvalue weighted by atomic mass is 9.62. The molecule has 5 atom stereocenters. The van der Waals surface area contributed by atoms with E-state index < -0.39 is 0 Å². The van der Waals surface area contributed by atoms with E-state index in [1.807, 2.05) is 7.11 Å². The summed E-state index contributed by atoms with van der Waals surface area (Å²) < 4.78 is 11.0. The lowest BCUT2D eigenvalue weighted by Gasteiger charge is -2.44. The van der Waals surface area contributed by atoms with Crippen molar-refractivity contribution >= 4 is 0 Å². The van der Waals surface area contributed by atoms with Crippen molar-refractivity contribution in [3.05, 3.63) is 29.3 Å². The van der Waals surface area contributed by atoms with Gasteiger partial charge in [0.1, 0.15) is 5.75 Å². The molecule has 0 amide bonds. The maximum Gasteiger partial charge on any atom is 0.119 e. The fraction of sp³-hybridized carbons (Fsp3) is 0.727. The van der Waals surface area contributed by atoms with E-state index in [4.69, 9.17) is 9.47 Å². The van der Waals surface area contributed by atoms with Gasteiger partial charge in [-0.3, -0.25) is 0 Å². The highest BCUT2D eigenvalue weighted by Gasteiger charge is 2.38. The molecule has 0 radical (unpaired) electrons. The Morgan fingerprint density at radius 1 is 0.792 bits per heavy atom. The SMILES string of the molecule is COc1ccc2c(c1)CCC(C1CCC3C[C@H](OC)CC[C@@H]3C1)C2. The van der Waals surface area contributed by atoms with Crippen LogP contribution in [0.25, 0.3) is 0 Å². The van der Waals surface area contributed by atoms with Crippen molar-refractivity contribution in [3.63, 3.8) is 0 Å². The fourth-order valence-corrected chi connectivity index (χ4v) is 5.81. The lowest BCUT2D eigenvalue weighted by molar-refractivity contribution is -0.000900. The topological polar surface area (TPSA) is 18.5 Å². The Bertz CT molecular complexity index is 567. The number of methoxy groups -OCH3 is 2. The Labute approximate surface area is 146 Å². The van der Waals surface area contributed by atoms with Crippen molar-refractivity contribution in [3.8, 4) is 5.75 Å². The van der Waals surface area contributed by atoms with Gasteiger partial charge in [-0.05, 0) is 105 Å². The van der Waals surface area contributed by atoms with Crippen LogP contribution in [0, 0.1) is 23.7 Å². The summed E-state index contributed by atoms with van der Waals surface area (Å²) in [5.74, 6) is 4.81. The predicted octanol–water partition coefficient (Wildman–Crippen LogP) is 5.03. The maximum absolute atomic E-state index is 5.63. The third-order valence-corrected chi connectivity index (χ3v) is 7.29. The number of rotatable bonds is 3. The zero-order valence-electron chi connectivity index (χ0n) is 15.3. The van der Waals surface area contributed by atoms with Crippen molar-refractivity contribution in [1.82, 2.24) is 0 Å². The highest BCUT2D eigenvalue weighted by atomic mass is 16.5. The van der Waals surface area contributed by atoms with Gasteiger partial charge in [0, 0.05) is 7.11 Å². The van der Waals surface area contributed by atoms with Gasteiger partial charge in [0.05, 0.1) is 13.2 Å². The van der Waals surface area contributed by atoms with Gasteiger partial charge in [-0.1, -0.05) is 6.07 Å². The summed E-state index contributed by atoms with van der Waals surface area (Å²) in [6, 6.07) is 6.72. The first-order valence-corrected chi connectivity index (χ1v) is 9.95. The summed E-state index contributed by atoms with van der Waals surface area (Å²) in [5.41, 5.74) is 3.11. The number of ether oxygens (including phenoxy) is 2. The molecule has 3 aliphatic carbocycles. The van der Waals surface area contributed by atoms with Crippen LogP contribution < -0.4 is 4.74 Å². The van der Waals surface area contributed by atoms with Gasteiger partial charge < -0.3 is 9.47 Å². The van der Waals surface area contributed by atoms with Crippen LogP contribution in [0.3, 0.4) is 0 Å². The van der Waals surface area contributed by atoms with Gasteiger partial charge in [0.2, 0.25) is 0 Å². The molecular formula is C22H32O2. The molecule has 3 aliphatic rings. The molecule has 2 saturated carbocycles. The maximum atomic E-state index is 5.63. The number of fused-ring (bicyclic) bond motifs is 2. The molecule has 2 fully saturated rings. The molecule has 3 unspecified atom stereocenters. The van der Waals surface area contributed by atoms with Gasteiger partial charge in [0.15, 0.2) is 0 Å². The van der Waals surface area contributed by atoms with Crippen LogP contribution in [0.15, 0.2) is 18.2 Å². The number of hydrogen-bond donors (Lipinski definition) is 0. The molecule has 0 saturated heterocycles. The molecule has 0 bridgehead atoms. The second kappa shape index (κ2) is 7.07. The van der Waals surface area contributed by atoms with Gasteiger partial charge >= 0.3 is 0 Å². The van der Waals surface area contributed by atoms with E-state index in [1.54, 1.807) is 12.7 Å². The molecule has 0 N–H and O–H groups in total. The predicted molar refractivity (Wildman–Crippen MR) is 97.5 cm³/mol. The molecule has 1 aromatic carbocycles. The third-order valence-electron chi connectivity index (χ3n) is 7.29. The number of benzene rings is 1. The summed E-state index contributed by atoms with van der Waals surface area (Å²) in [4.78, 5) is 0. The second-order valence-corrected chi connectivity index (χ2v) is 8.40. The summed E-state index contributed by atoms with van der Waals surface area (Å²) >= 11 is 0. The molecule has 24 heavy (non-hydrogen) atoms. The highest BCUT2D eigenvalue weighted by Crippen LogP contribution is 2.47.